The van der Waals surface area contributed by atoms with Gasteiger partial charge in [-0.25, -0.2) is 4.39 Å². The lowest BCUT2D eigenvalue weighted by molar-refractivity contribution is 0.625. The van der Waals surface area contributed by atoms with Crippen LogP contribution in [-0.4, -0.2) is 4.98 Å². The number of rotatable bonds is 3. The van der Waals surface area contributed by atoms with Crippen molar-refractivity contribution in [3.8, 4) is 0 Å². The van der Waals surface area contributed by atoms with Crippen molar-refractivity contribution >= 4 is 27.5 Å². The fraction of sp³-hybridized carbons (Fsp3) is 0.214. The minimum atomic E-state index is -0.393. The molecule has 0 radical (unpaired) electrons. The number of halogens is 3. The van der Waals surface area contributed by atoms with Gasteiger partial charge >= 0.3 is 0 Å². The highest BCUT2D eigenvalue weighted by Gasteiger charge is 2.15. The lowest BCUT2D eigenvalue weighted by Crippen LogP contribution is -1.99. The van der Waals surface area contributed by atoms with E-state index < -0.39 is 5.82 Å². The average Bonchev–Trinajstić information content (AvgIpc) is 2.35. The molecule has 0 amide bonds. The summed E-state index contributed by atoms with van der Waals surface area (Å²) in [5, 5.41) is 0.173. The van der Waals surface area contributed by atoms with E-state index in [1.807, 2.05) is 31.3 Å². The Hall–Kier alpha value is -0.930. The number of pyridine rings is 1. The van der Waals surface area contributed by atoms with Crippen LogP contribution in [0.3, 0.4) is 0 Å². The lowest BCUT2D eigenvalue weighted by Gasteiger charge is -2.12. The largest absolute Gasteiger partial charge is 0.261 e. The van der Waals surface area contributed by atoms with Crippen molar-refractivity contribution in [1.82, 2.24) is 4.98 Å². The highest BCUT2D eigenvalue weighted by atomic mass is 79.9. The summed E-state index contributed by atoms with van der Waals surface area (Å²) < 4.78 is 13.4. The zero-order valence-corrected chi connectivity index (χ0v) is 12.2. The van der Waals surface area contributed by atoms with Crippen molar-refractivity contribution in [2.75, 3.05) is 0 Å². The van der Waals surface area contributed by atoms with E-state index in [-0.39, 0.29) is 9.85 Å². The number of alkyl halides is 1. The first-order chi connectivity index (χ1) is 8.58. The maximum Gasteiger partial charge on any atom is 0.142 e. The normalized spacial score (nSPS) is 12.4. The van der Waals surface area contributed by atoms with Gasteiger partial charge < -0.3 is 0 Å². The van der Waals surface area contributed by atoms with Crippen LogP contribution in [0, 0.1) is 12.7 Å². The molecule has 0 aliphatic heterocycles. The molecule has 0 fully saturated rings. The van der Waals surface area contributed by atoms with Crippen LogP contribution in [0.4, 0.5) is 4.39 Å². The molecule has 2 rings (SSSR count). The van der Waals surface area contributed by atoms with Crippen LogP contribution in [0.5, 0.6) is 0 Å². The second-order valence-electron chi connectivity index (χ2n) is 4.14. The standard InChI is InChI=1S/C14H12BrClFN/c1-9-5-6-10(18-8-9)7-12(15)11-3-2-4-13(17)14(11)16/h2-6,8,12H,7H2,1H3. The van der Waals surface area contributed by atoms with E-state index in [9.17, 15) is 4.39 Å². The molecular formula is C14H12BrClFN. The summed E-state index contributed by atoms with van der Waals surface area (Å²) in [4.78, 5) is 4.28. The molecule has 0 aliphatic carbocycles. The van der Waals surface area contributed by atoms with Gasteiger partial charge in [0.25, 0.3) is 0 Å². The van der Waals surface area contributed by atoms with Crippen molar-refractivity contribution in [3.05, 3.63) is 64.2 Å². The van der Waals surface area contributed by atoms with E-state index in [1.54, 1.807) is 6.07 Å². The van der Waals surface area contributed by atoms with Gasteiger partial charge in [-0.1, -0.05) is 45.7 Å². The van der Waals surface area contributed by atoms with Gasteiger partial charge in [-0.05, 0) is 30.2 Å². The van der Waals surface area contributed by atoms with Crippen LogP contribution in [0.15, 0.2) is 36.5 Å². The molecule has 1 aromatic heterocycles. The fourth-order valence-electron chi connectivity index (χ4n) is 1.68. The first kappa shape index (κ1) is 13.5. The molecule has 0 bridgehead atoms. The van der Waals surface area contributed by atoms with Gasteiger partial charge in [0.1, 0.15) is 5.82 Å². The Balaban J connectivity index is 2.19. The second-order valence-corrected chi connectivity index (χ2v) is 5.62. The van der Waals surface area contributed by atoms with Gasteiger partial charge in [0.15, 0.2) is 0 Å². The van der Waals surface area contributed by atoms with Gasteiger partial charge in [-0.15, -0.1) is 0 Å². The summed E-state index contributed by atoms with van der Waals surface area (Å²) in [5.74, 6) is -0.393. The predicted molar refractivity (Wildman–Crippen MR) is 75.8 cm³/mol. The molecule has 1 heterocycles. The molecule has 0 spiro atoms. The molecule has 0 saturated heterocycles. The van der Waals surface area contributed by atoms with Crippen LogP contribution in [0.25, 0.3) is 0 Å². The number of nitrogens with zero attached hydrogens (tertiary/aromatic N) is 1. The van der Waals surface area contributed by atoms with Crippen LogP contribution in [0.2, 0.25) is 5.02 Å². The summed E-state index contributed by atoms with van der Waals surface area (Å²) in [6, 6.07) is 8.81. The lowest BCUT2D eigenvalue weighted by atomic mass is 10.1. The minimum Gasteiger partial charge on any atom is -0.261 e. The van der Waals surface area contributed by atoms with E-state index in [0.717, 1.165) is 16.8 Å². The molecule has 0 N–H and O–H groups in total. The highest BCUT2D eigenvalue weighted by Crippen LogP contribution is 2.33. The summed E-state index contributed by atoms with van der Waals surface area (Å²) in [7, 11) is 0. The van der Waals surface area contributed by atoms with E-state index >= 15 is 0 Å². The van der Waals surface area contributed by atoms with Crippen molar-refractivity contribution in [1.29, 1.82) is 0 Å². The Bertz CT molecular complexity index is 542. The van der Waals surface area contributed by atoms with Crippen LogP contribution in [0.1, 0.15) is 21.6 Å². The van der Waals surface area contributed by atoms with Crippen LogP contribution in [-0.2, 0) is 6.42 Å². The van der Waals surface area contributed by atoms with E-state index in [4.69, 9.17) is 11.6 Å². The molecule has 2 aromatic rings. The smallest absolute Gasteiger partial charge is 0.142 e. The Kier molecular flexibility index (Phi) is 4.36. The molecule has 0 saturated carbocycles. The van der Waals surface area contributed by atoms with Gasteiger partial charge in [0.05, 0.1) is 5.02 Å². The average molecular weight is 329 g/mol. The predicted octanol–water partition coefficient (Wildman–Crippen LogP) is 4.86. The summed E-state index contributed by atoms with van der Waals surface area (Å²) in [6.07, 6.45) is 2.49. The number of hydrogen-bond donors (Lipinski definition) is 0. The first-order valence-corrected chi connectivity index (χ1v) is 6.87. The maximum absolute atomic E-state index is 13.4. The molecule has 1 aromatic carbocycles. The van der Waals surface area contributed by atoms with Gasteiger partial charge in [0, 0.05) is 23.1 Å². The maximum atomic E-state index is 13.4. The second kappa shape index (κ2) is 5.81. The first-order valence-electron chi connectivity index (χ1n) is 5.57. The Morgan fingerprint density at radius 3 is 2.78 bits per heavy atom. The fourth-order valence-corrected chi connectivity index (χ4v) is 2.78. The van der Waals surface area contributed by atoms with Gasteiger partial charge in [-0.3, -0.25) is 4.98 Å². The minimum absolute atomic E-state index is 0.0455. The molecule has 0 aliphatic rings. The zero-order chi connectivity index (χ0) is 13.1. The van der Waals surface area contributed by atoms with Crippen molar-refractivity contribution in [2.24, 2.45) is 0 Å². The van der Waals surface area contributed by atoms with Crippen LogP contribution < -0.4 is 0 Å². The van der Waals surface area contributed by atoms with Crippen molar-refractivity contribution in [2.45, 2.75) is 18.2 Å². The quantitative estimate of drug-likeness (QED) is 0.733. The number of benzene rings is 1. The Morgan fingerprint density at radius 2 is 2.11 bits per heavy atom. The molecule has 1 nitrogen and oxygen atoms in total. The Morgan fingerprint density at radius 1 is 1.33 bits per heavy atom. The van der Waals surface area contributed by atoms with Crippen molar-refractivity contribution < 1.29 is 4.39 Å². The molecule has 4 heteroatoms. The molecule has 94 valence electrons. The molecule has 1 unspecified atom stereocenters. The zero-order valence-electron chi connectivity index (χ0n) is 9.83. The van der Waals surface area contributed by atoms with Crippen molar-refractivity contribution in [3.63, 3.8) is 0 Å². The number of hydrogen-bond acceptors (Lipinski definition) is 1. The third kappa shape index (κ3) is 3.09. The topological polar surface area (TPSA) is 12.9 Å². The summed E-state index contributed by atoms with van der Waals surface area (Å²) in [6.45, 7) is 1.99. The summed E-state index contributed by atoms with van der Waals surface area (Å²) >= 11 is 9.49. The van der Waals surface area contributed by atoms with Gasteiger partial charge in [0.2, 0.25) is 0 Å². The third-order valence-electron chi connectivity index (χ3n) is 2.68. The monoisotopic (exact) mass is 327 g/mol. The van der Waals surface area contributed by atoms with E-state index in [0.29, 0.717) is 6.42 Å². The number of aryl methyl sites for hydroxylation is 1. The number of aromatic nitrogens is 1. The molecule has 18 heavy (non-hydrogen) atoms. The molecule has 1 atom stereocenters. The molecular weight excluding hydrogens is 317 g/mol. The van der Waals surface area contributed by atoms with E-state index in [2.05, 4.69) is 20.9 Å². The van der Waals surface area contributed by atoms with Gasteiger partial charge in [-0.2, -0.15) is 0 Å². The Labute approximate surface area is 119 Å². The highest BCUT2D eigenvalue weighted by molar-refractivity contribution is 9.09. The van der Waals surface area contributed by atoms with E-state index in [1.165, 1.54) is 6.07 Å². The third-order valence-corrected chi connectivity index (χ3v) is 3.90. The summed E-state index contributed by atoms with van der Waals surface area (Å²) in [5.41, 5.74) is 2.82. The SMILES string of the molecule is Cc1ccc(CC(Br)c2cccc(F)c2Cl)nc1. The van der Waals surface area contributed by atoms with Crippen LogP contribution >= 0.6 is 27.5 Å².